The predicted molar refractivity (Wildman–Crippen MR) is 77.9 cm³/mol. The lowest BCUT2D eigenvalue weighted by Gasteiger charge is -2.03. The molecule has 0 spiro atoms. The van der Waals surface area contributed by atoms with E-state index in [1.54, 1.807) is 12.1 Å². The predicted octanol–water partition coefficient (Wildman–Crippen LogP) is 2.43. The van der Waals surface area contributed by atoms with Crippen LogP contribution in [0.25, 0.3) is 33.4 Å². The molecule has 0 unspecified atom stereocenters. The number of nitrogens with one attached hydrogen (secondary N) is 1. The molecule has 0 aliphatic rings. The number of hydrogen-bond acceptors (Lipinski definition) is 5. The van der Waals surface area contributed by atoms with Crippen LogP contribution in [0.4, 0.5) is 0 Å². The molecule has 2 heterocycles. The van der Waals surface area contributed by atoms with Crippen molar-refractivity contribution in [2.45, 2.75) is 6.92 Å². The summed E-state index contributed by atoms with van der Waals surface area (Å²) in [5.41, 5.74) is 3.10. The molecule has 0 fully saturated rings. The van der Waals surface area contributed by atoms with E-state index in [0.29, 0.717) is 22.0 Å². The first-order chi connectivity index (χ1) is 10.2. The molecular formula is C15H10N4O2. The summed E-state index contributed by atoms with van der Waals surface area (Å²) in [6, 6.07) is 11.0. The molecule has 6 heteroatoms. The Balaban J connectivity index is 2.08. The highest BCUT2D eigenvalue weighted by Crippen LogP contribution is 2.25. The van der Waals surface area contributed by atoms with Crippen molar-refractivity contribution in [1.29, 1.82) is 0 Å². The number of aromatic amines is 1. The minimum atomic E-state index is -0.395. The topological polar surface area (TPSA) is 84.7 Å². The number of hydrogen-bond donors (Lipinski definition) is 1. The van der Waals surface area contributed by atoms with Crippen LogP contribution in [0.3, 0.4) is 0 Å². The molecule has 4 aromatic rings. The van der Waals surface area contributed by atoms with Gasteiger partial charge in [-0.3, -0.25) is 5.10 Å². The molecule has 0 saturated heterocycles. The van der Waals surface area contributed by atoms with Crippen molar-refractivity contribution in [3.05, 3.63) is 52.4 Å². The number of fused-ring (bicyclic) bond motifs is 2. The summed E-state index contributed by atoms with van der Waals surface area (Å²) < 4.78 is 5.39. The Hall–Kier alpha value is -3.02. The SMILES string of the molecule is Cc1cccc2nc(-c3cccc4[nH]nnc34)oc(=O)c12. The number of H-pyrrole nitrogens is 1. The molecule has 0 aliphatic carbocycles. The summed E-state index contributed by atoms with van der Waals surface area (Å²) in [6.45, 7) is 1.86. The molecule has 4 rings (SSSR count). The molecular weight excluding hydrogens is 268 g/mol. The van der Waals surface area contributed by atoms with Gasteiger partial charge in [0.15, 0.2) is 0 Å². The van der Waals surface area contributed by atoms with Gasteiger partial charge in [0.2, 0.25) is 5.89 Å². The molecule has 6 nitrogen and oxygen atoms in total. The number of benzene rings is 2. The summed E-state index contributed by atoms with van der Waals surface area (Å²) in [5, 5.41) is 11.1. The highest BCUT2D eigenvalue weighted by Gasteiger charge is 2.14. The fraction of sp³-hybridized carbons (Fsp3) is 0.0667. The van der Waals surface area contributed by atoms with Gasteiger partial charge in [-0.25, -0.2) is 9.78 Å². The highest BCUT2D eigenvalue weighted by atomic mass is 16.4. The summed E-state index contributed by atoms with van der Waals surface area (Å²) in [4.78, 5) is 16.7. The maximum absolute atomic E-state index is 12.2. The molecule has 21 heavy (non-hydrogen) atoms. The summed E-state index contributed by atoms with van der Waals surface area (Å²) in [5.74, 6) is 0.248. The second kappa shape index (κ2) is 4.24. The number of nitrogens with zero attached hydrogens (tertiary/aromatic N) is 3. The summed E-state index contributed by atoms with van der Waals surface area (Å²) in [6.07, 6.45) is 0. The van der Waals surface area contributed by atoms with Crippen molar-refractivity contribution in [2.24, 2.45) is 0 Å². The average molecular weight is 278 g/mol. The van der Waals surface area contributed by atoms with Gasteiger partial charge in [0.1, 0.15) is 5.52 Å². The van der Waals surface area contributed by atoms with Crippen molar-refractivity contribution >= 4 is 21.9 Å². The minimum absolute atomic E-state index is 0.248. The van der Waals surface area contributed by atoms with E-state index in [0.717, 1.165) is 11.1 Å². The van der Waals surface area contributed by atoms with E-state index in [2.05, 4.69) is 20.4 Å². The molecule has 0 bridgehead atoms. The normalized spacial score (nSPS) is 11.3. The fourth-order valence-electron chi connectivity index (χ4n) is 2.44. The lowest BCUT2D eigenvalue weighted by Crippen LogP contribution is -2.04. The highest BCUT2D eigenvalue weighted by molar-refractivity contribution is 5.90. The van der Waals surface area contributed by atoms with Crippen molar-refractivity contribution < 1.29 is 4.42 Å². The van der Waals surface area contributed by atoms with Crippen molar-refractivity contribution in [2.75, 3.05) is 0 Å². The second-order valence-electron chi connectivity index (χ2n) is 4.79. The lowest BCUT2D eigenvalue weighted by molar-refractivity contribution is 0.518. The van der Waals surface area contributed by atoms with E-state index >= 15 is 0 Å². The van der Waals surface area contributed by atoms with Gasteiger partial charge in [-0.2, -0.15) is 0 Å². The van der Waals surface area contributed by atoms with Crippen molar-refractivity contribution in [1.82, 2.24) is 20.4 Å². The van der Waals surface area contributed by atoms with Crippen LogP contribution >= 0.6 is 0 Å². The van der Waals surface area contributed by atoms with E-state index in [-0.39, 0.29) is 5.89 Å². The molecule has 2 aromatic carbocycles. The molecule has 0 saturated carbocycles. The van der Waals surface area contributed by atoms with Crippen LogP contribution in [0.15, 0.2) is 45.6 Å². The Labute approximate surface area is 118 Å². The molecule has 0 radical (unpaired) electrons. The van der Waals surface area contributed by atoms with Crippen molar-refractivity contribution in [3.63, 3.8) is 0 Å². The molecule has 0 amide bonds. The average Bonchev–Trinajstić information content (AvgIpc) is 2.95. The van der Waals surface area contributed by atoms with Crippen LogP contribution in [0.1, 0.15) is 5.56 Å². The van der Waals surface area contributed by atoms with E-state index in [1.165, 1.54) is 0 Å². The van der Waals surface area contributed by atoms with Gasteiger partial charge < -0.3 is 4.42 Å². The third kappa shape index (κ3) is 1.73. The Morgan fingerprint density at radius 1 is 1.14 bits per heavy atom. The largest absolute Gasteiger partial charge is 0.403 e. The van der Waals surface area contributed by atoms with E-state index in [4.69, 9.17) is 4.42 Å². The Morgan fingerprint density at radius 3 is 2.90 bits per heavy atom. The summed E-state index contributed by atoms with van der Waals surface area (Å²) in [7, 11) is 0. The van der Waals surface area contributed by atoms with Crippen molar-refractivity contribution in [3.8, 4) is 11.5 Å². The zero-order valence-corrected chi connectivity index (χ0v) is 11.1. The van der Waals surface area contributed by atoms with Gasteiger partial charge in [-0.15, -0.1) is 5.10 Å². The molecule has 2 aromatic heterocycles. The van der Waals surface area contributed by atoms with Gasteiger partial charge >= 0.3 is 5.63 Å². The number of aromatic nitrogens is 4. The van der Waals surface area contributed by atoms with E-state index in [1.807, 2.05) is 31.2 Å². The maximum Gasteiger partial charge on any atom is 0.347 e. The molecule has 0 atom stereocenters. The maximum atomic E-state index is 12.2. The Kier molecular flexibility index (Phi) is 2.38. The third-order valence-electron chi connectivity index (χ3n) is 3.45. The van der Waals surface area contributed by atoms with Gasteiger partial charge in [0.05, 0.1) is 22.0 Å². The first kappa shape index (κ1) is 11.8. The third-order valence-corrected chi connectivity index (χ3v) is 3.45. The van der Waals surface area contributed by atoms with Gasteiger partial charge in [0, 0.05) is 0 Å². The van der Waals surface area contributed by atoms with Crippen LogP contribution in [0.2, 0.25) is 0 Å². The number of aryl methyl sites for hydroxylation is 1. The first-order valence-corrected chi connectivity index (χ1v) is 6.44. The molecule has 1 N–H and O–H groups in total. The fourth-order valence-corrected chi connectivity index (χ4v) is 2.44. The van der Waals surface area contributed by atoms with Crippen LogP contribution in [0, 0.1) is 6.92 Å². The molecule has 0 aliphatic heterocycles. The molecule has 102 valence electrons. The summed E-state index contributed by atoms with van der Waals surface area (Å²) >= 11 is 0. The Bertz CT molecular complexity index is 1030. The van der Waals surface area contributed by atoms with E-state index in [9.17, 15) is 4.79 Å². The first-order valence-electron chi connectivity index (χ1n) is 6.44. The van der Waals surface area contributed by atoms with Gasteiger partial charge in [0.25, 0.3) is 0 Å². The minimum Gasteiger partial charge on any atom is -0.403 e. The van der Waals surface area contributed by atoms with Gasteiger partial charge in [-0.1, -0.05) is 23.4 Å². The van der Waals surface area contributed by atoms with Crippen LogP contribution in [0.5, 0.6) is 0 Å². The standard InChI is InChI=1S/C15H10N4O2/c1-8-4-2-6-10-12(8)15(20)21-14(16-10)9-5-3-7-11-13(9)18-19-17-11/h2-7H,1H3,(H,17,18,19). The van der Waals surface area contributed by atoms with Crippen LogP contribution in [-0.4, -0.2) is 20.4 Å². The lowest BCUT2D eigenvalue weighted by atomic mass is 10.1. The smallest absolute Gasteiger partial charge is 0.347 e. The Morgan fingerprint density at radius 2 is 2.00 bits per heavy atom. The van der Waals surface area contributed by atoms with Crippen LogP contribution in [-0.2, 0) is 0 Å². The van der Waals surface area contributed by atoms with Gasteiger partial charge in [-0.05, 0) is 30.7 Å². The number of rotatable bonds is 1. The second-order valence-corrected chi connectivity index (χ2v) is 4.79. The zero-order chi connectivity index (χ0) is 14.4. The van der Waals surface area contributed by atoms with Crippen LogP contribution < -0.4 is 5.63 Å². The zero-order valence-electron chi connectivity index (χ0n) is 11.1. The van der Waals surface area contributed by atoms with E-state index < -0.39 is 5.63 Å². The quantitative estimate of drug-likeness (QED) is 0.578. The monoisotopic (exact) mass is 278 g/mol.